The first-order chi connectivity index (χ1) is 18.3. The van der Waals surface area contributed by atoms with Crippen LogP contribution in [0.1, 0.15) is 31.4 Å². The molecule has 1 saturated heterocycles. The Balaban J connectivity index is 1.46. The number of unbranched alkanes of at least 4 members (excludes halogenated alkanes) is 1. The van der Waals surface area contributed by atoms with Crippen LogP contribution >= 0.6 is 23.5 Å². The van der Waals surface area contributed by atoms with Gasteiger partial charge in [0.25, 0.3) is 5.91 Å². The van der Waals surface area contributed by atoms with Crippen LogP contribution in [0.3, 0.4) is 0 Å². The fourth-order valence-corrected chi connectivity index (χ4v) is 6.37. The molecule has 0 bridgehead atoms. The number of urea groups is 1. The highest BCUT2D eigenvalue weighted by atomic mass is 32.2. The molecule has 202 valence electrons. The summed E-state index contributed by atoms with van der Waals surface area (Å²) in [6.07, 6.45) is 1.71. The van der Waals surface area contributed by atoms with Gasteiger partial charge in [0.2, 0.25) is 11.1 Å². The van der Waals surface area contributed by atoms with Crippen LogP contribution in [0.15, 0.2) is 46.8 Å². The average molecular weight is 561 g/mol. The topological polar surface area (TPSA) is 171 Å². The van der Waals surface area contributed by atoms with Crippen molar-refractivity contribution in [3.8, 4) is 0 Å². The molecule has 3 heterocycles. The van der Waals surface area contributed by atoms with E-state index in [1.165, 1.54) is 33.1 Å². The van der Waals surface area contributed by atoms with Gasteiger partial charge in [-0.05, 0) is 28.0 Å². The third-order valence-electron chi connectivity index (χ3n) is 5.99. The average Bonchev–Trinajstić information content (AvgIpc) is 3.33. The van der Waals surface area contributed by atoms with Crippen LogP contribution in [0, 0.1) is 0 Å². The van der Waals surface area contributed by atoms with E-state index in [4.69, 9.17) is 0 Å². The maximum atomic E-state index is 13.3. The molecule has 0 aliphatic carbocycles. The van der Waals surface area contributed by atoms with Gasteiger partial charge >= 0.3 is 12.0 Å². The molecule has 4 N–H and O–H groups in total. The largest absolute Gasteiger partial charge is 0.477 e. The van der Waals surface area contributed by atoms with Crippen molar-refractivity contribution in [3.63, 3.8) is 0 Å². The van der Waals surface area contributed by atoms with Crippen LogP contribution in [0.5, 0.6) is 0 Å². The Morgan fingerprint density at radius 1 is 1.26 bits per heavy atom. The molecule has 1 aromatic heterocycles. The van der Waals surface area contributed by atoms with Gasteiger partial charge in [-0.2, -0.15) is 0 Å². The number of aryl methyl sites for hydroxylation is 1. The Labute approximate surface area is 227 Å². The molecule has 13 nitrogen and oxygen atoms in total. The number of fused-ring (bicyclic) bond motifs is 1. The fraction of sp³-hybridized carbons (Fsp3) is 0.435. The van der Waals surface area contributed by atoms with Gasteiger partial charge in [-0.25, -0.2) is 14.3 Å². The van der Waals surface area contributed by atoms with Crippen LogP contribution in [0.4, 0.5) is 4.79 Å². The van der Waals surface area contributed by atoms with E-state index in [9.17, 15) is 24.3 Å². The van der Waals surface area contributed by atoms with E-state index in [0.29, 0.717) is 34.3 Å². The molecule has 38 heavy (non-hydrogen) atoms. The van der Waals surface area contributed by atoms with Crippen molar-refractivity contribution in [1.29, 1.82) is 0 Å². The van der Waals surface area contributed by atoms with Crippen LogP contribution in [-0.4, -0.2) is 83.5 Å². The summed E-state index contributed by atoms with van der Waals surface area (Å²) in [6.45, 7) is 2.47. The zero-order valence-corrected chi connectivity index (χ0v) is 22.4. The van der Waals surface area contributed by atoms with E-state index in [0.717, 1.165) is 12.8 Å². The lowest BCUT2D eigenvalue weighted by Crippen LogP contribution is -2.71. The standard InChI is InChI=1S/C23H28N8O5S2/c1-3-4-10-24-22(36)26-15(13-8-6-5-7-9-13)18(32)25-16-19(33)31-17(21(34)35)14(11-37-20(16)31)12-38-23-27-28-29-30(23)2/h5-9,15-16,20H,3-4,10-12H2,1-2H3,(H,25,32)(H,34,35)(H2,24,26,36)/t15?,16-,20?/m1/s1. The van der Waals surface area contributed by atoms with Crippen molar-refractivity contribution >= 4 is 47.3 Å². The third kappa shape index (κ3) is 5.93. The van der Waals surface area contributed by atoms with E-state index < -0.39 is 41.3 Å². The number of benzene rings is 1. The highest BCUT2D eigenvalue weighted by Gasteiger charge is 2.54. The second kappa shape index (κ2) is 12.3. The van der Waals surface area contributed by atoms with Crippen molar-refractivity contribution in [2.45, 2.75) is 42.4 Å². The SMILES string of the molecule is CCCCNC(=O)NC(C(=O)N[C@@H]1C(=O)N2C(C(=O)O)=C(CSc3nnnn3C)CSC12)c1ccccc1. The van der Waals surface area contributed by atoms with Gasteiger partial charge in [-0.15, -0.1) is 16.9 Å². The number of carbonyl (C=O) groups excluding carboxylic acids is 3. The molecule has 1 fully saturated rings. The number of β-lactam (4-membered cyclic amide) rings is 1. The van der Waals surface area contributed by atoms with Crippen molar-refractivity contribution < 1.29 is 24.3 Å². The highest BCUT2D eigenvalue weighted by molar-refractivity contribution is 8.01. The summed E-state index contributed by atoms with van der Waals surface area (Å²) in [5.74, 6) is -1.63. The number of carboxylic acids is 1. The van der Waals surface area contributed by atoms with Gasteiger partial charge in [0.05, 0.1) is 0 Å². The Bertz CT molecular complexity index is 1240. The Morgan fingerprint density at radius 3 is 2.68 bits per heavy atom. The van der Waals surface area contributed by atoms with E-state index in [1.54, 1.807) is 37.4 Å². The maximum absolute atomic E-state index is 13.3. The smallest absolute Gasteiger partial charge is 0.352 e. The molecule has 2 unspecified atom stereocenters. The lowest BCUT2D eigenvalue weighted by atomic mass is 10.0. The molecule has 2 aliphatic rings. The van der Waals surface area contributed by atoms with Gasteiger partial charge in [-0.3, -0.25) is 14.5 Å². The van der Waals surface area contributed by atoms with Gasteiger partial charge in [0, 0.05) is 25.1 Å². The first-order valence-corrected chi connectivity index (χ1v) is 14.0. The molecule has 4 rings (SSSR count). The predicted octanol–water partition coefficient (Wildman–Crippen LogP) is 0.881. The molecule has 3 atom stereocenters. The monoisotopic (exact) mass is 560 g/mol. The van der Waals surface area contributed by atoms with Crippen molar-refractivity contribution in [2.24, 2.45) is 7.05 Å². The number of nitrogens with zero attached hydrogens (tertiary/aromatic N) is 5. The van der Waals surface area contributed by atoms with E-state index >= 15 is 0 Å². The van der Waals surface area contributed by atoms with Crippen LogP contribution in [0.2, 0.25) is 0 Å². The van der Waals surface area contributed by atoms with Gasteiger partial charge in [0.1, 0.15) is 23.2 Å². The number of hydrogen-bond acceptors (Lipinski definition) is 9. The summed E-state index contributed by atoms with van der Waals surface area (Å²) < 4.78 is 1.48. The molecule has 0 saturated carbocycles. The molecule has 4 amide bonds. The lowest BCUT2D eigenvalue weighted by Gasteiger charge is -2.49. The summed E-state index contributed by atoms with van der Waals surface area (Å²) in [7, 11) is 1.68. The third-order valence-corrected chi connectivity index (χ3v) is 8.43. The lowest BCUT2D eigenvalue weighted by molar-refractivity contribution is -0.151. The van der Waals surface area contributed by atoms with Gasteiger partial charge in [0.15, 0.2) is 0 Å². The van der Waals surface area contributed by atoms with Crippen LogP contribution < -0.4 is 16.0 Å². The number of carbonyl (C=O) groups is 4. The first-order valence-electron chi connectivity index (χ1n) is 12.0. The second-order valence-electron chi connectivity index (χ2n) is 8.62. The molecule has 0 radical (unpaired) electrons. The quantitative estimate of drug-likeness (QED) is 0.176. The van der Waals surface area contributed by atoms with Crippen molar-refractivity contribution in [3.05, 3.63) is 47.2 Å². The van der Waals surface area contributed by atoms with Crippen molar-refractivity contribution in [2.75, 3.05) is 18.1 Å². The molecule has 0 spiro atoms. The summed E-state index contributed by atoms with van der Waals surface area (Å²) >= 11 is 2.64. The Kier molecular flexibility index (Phi) is 8.89. The van der Waals surface area contributed by atoms with Crippen LogP contribution in [-0.2, 0) is 21.4 Å². The molecule has 15 heteroatoms. The van der Waals surface area contributed by atoms with Gasteiger partial charge < -0.3 is 21.1 Å². The highest BCUT2D eigenvalue weighted by Crippen LogP contribution is 2.41. The van der Waals surface area contributed by atoms with Crippen LogP contribution in [0.25, 0.3) is 0 Å². The summed E-state index contributed by atoms with van der Waals surface area (Å²) in [6, 6.07) is 6.27. The summed E-state index contributed by atoms with van der Waals surface area (Å²) in [5, 5.41) is 29.2. The summed E-state index contributed by atoms with van der Waals surface area (Å²) in [5.41, 5.74) is 1.04. The number of hydrogen-bond donors (Lipinski definition) is 4. The van der Waals surface area contributed by atoms with E-state index in [2.05, 4.69) is 31.5 Å². The van der Waals surface area contributed by atoms with Crippen molar-refractivity contribution in [1.82, 2.24) is 41.1 Å². The number of thioether (sulfide) groups is 2. The number of aromatic nitrogens is 4. The summed E-state index contributed by atoms with van der Waals surface area (Å²) in [4.78, 5) is 52.1. The minimum absolute atomic E-state index is 0.0834. The number of rotatable bonds is 11. The maximum Gasteiger partial charge on any atom is 0.352 e. The predicted molar refractivity (Wildman–Crippen MR) is 140 cm³/mol. The number of aliphatic carboxylic acids is 1. The Hall–Kier alpha value is -3.59. The molecular formula is C23H28N8O5S2. The zero-order valence-electron chi connectivity index (χ0n) is 20.8. The molecule has 2 aliphatic heterocycles. The van der Waals surface area contributed by atoms with Gasteiger partial charge in [-0.1, -0.05) is 55.4 Å². The normalized spacial score (nSPS) is 19.3. The molecular weight excluding hydrogens is 532 g/mol. The molecule has 2 aromatic rings. The Morgan fingerprint density at radius 2 is 2.03 bits per heavy atom. The number of nitrogens with one attached hydrogen (secondary N) is 3. The minimum Gasteiger partial charge on any atom is -0.477 e. The van der Waals surface area contributed by atoms with E-state index in [-0.39, 0.29) is 5.70 Å². The first kappa shape index (κ1) is 27.4. The zero-order chi connectivity index (χ0) is 27.2. The van der Waals surface area contributed by atoms with E-state index in [1.807, 2.05) is 6.92 Å². The number of carboxylic acid groups (broad SMARTS) is 1. The molecule has 1 aromatic carbocycles. The second-order valence-corrected chi connectivity index (χ2v) is 10.7. The number of amides is 4. The fourth-order valence-electron chi connectivity index (χ4n) is 4.03. The minimum atomic E-state index is -1.22. The number of tetrazole rings is 1.